The summed E-state index contributed by atoms with van der Waals surface area (Å²) in [5.41, 5.74) is 21.0. The molecule has 15 rings (SSSR count). The third kappa shape index (κ3) is 18.1. The lowest BCUT2D eigenvalue weighted by Gasteiger charge is -2.35. The van der Waals surface area contributed by atoms with Crippen LogP contribution < -0.4 is 33.9 Å². The molecule has 0 aliphatic heterocycles. The highest BCUT2D eigenvalue weighted by atomic mass is 79.9. The predicted molar refractivity (Wildman–Crippen MR) is 454 cm³/mol. The van der Waals surface area contributed by atoms with Crippen LogP contribution in [0.25, 0.3) is 66.2 Å². The molecular formula is C86H78Br3ClF4N12O10S. The van der Waals surface area contributed by atoms with Crippen molar-refractivity contribution in [1.29, 1.82) is 0 Å². The number of benzene rings is 7. The lowest BCUT2D eigenvalue weighted by molar-refractivity contribution is 0.0606. The van der Waals surface area contributed by atoms with Crippen LogP contribution >= 0.6 is 70.7 Å². The normalized spacial score (nSPS) is 12.4. The first kappa shape index (κ1) is 84.2. The fourth-order valence-electron chi connectivity index (χ4n) is 14.4. The van der Waals surface area contributed by atoms with Gasteiger partial charge in [-0.25, -0.2) is 32.5 Å². The van der Waals surface area contributed by atoms with Gasteiger partial charge in [0.05, 0.1) is 37.8 Å². The second-order valence-electron chi connectivity index (χ2n) is 28.8. The topological polar surface area (TPSA) is 296 Å². The Morgan fingerprint density at radius 3 is 1.09 bits per heavy atom. The number of nitrogens with two attached hydrogens (primary N) is 3. The summed E-state index contributed by atoms with van der Waals surface area (Å²) in [7, 11) is 0. The molecule has 0 aliphatic rings. The maximum Gasteiger partial charge on any atom is 0.297 e. The van der Waals surface area contributed by atoms with Gasteiger partial charge >= 0.3 is 0 Å². The highest BCUT2D eigenvalue weighted by molar-refractivity contribution is 9.11. The van der Waals surface area contributed by atoms with Crippen LogP contribution in [0.5, 0.6) is 0 Å². The minimum atomic E-state index is -0.705. The number of thiophene rings is 1. The van der Waals surface area contributed by atoms with Crippen LogP contribution in [-0.4, -0.2) is 100 Å². The van der Waals surface area contributed by atoms with Crippen molar-refractivity contribution in [3.05, 3.63) is 305 Å². The van der Waals surface area contributed by atoms with Gasteiger partial charge in [-0.15, -0.1) is 0 Å². The summed E-state index contributed by atoms with van der Waals surface area (Å²) in [6.07, 6.45) is 0. The van der Waals surface area contributed by atoms with E-state index in [1.807, 2.05) is 58.4 Å². The number of furan rings is 4. The van der Waals surface area contributed by atoms with Crippen molar-refractivity contribution >= 4 is 155 Å². The van der Waals surface area contributed by atoms with Crippen molar-refractivity contribution in [3.63, 3.8) is 0 Å². The number of halogens is 8. The molecule has 6 N–H and O–H groups in total. The second-order valence-corrected chi connectivity index (χ2v) is 32.7. The minimum absolute atomic E-state index is 0.0125. The van der Waals surface area contributed by atoms with Gasteiger partial charge in [0.15, 0.2) is 5.22 Å². The molecule has 0 aliphatic carbocycles. The lowest BCUT2D eigenvalue weighted by Crippen LogP contribution is -2.43. The Bertz CT molecular complexity index is 6370. The van der Waals surface area contributed by atoms with Crippen LogP contribution in [0.4, 0.5) is 17.6 Å². The highest BCUT2D eigenvalue weighted by Crippen LogP contribution is 2.38. The number of hydrogen-bond donors (Lipinski definition) is 3. The zero-order valence-corrected chi connectivity index (χ0v) is 70.3. The van der Waals surface area contributed by atoms with E-state index in [4.69, 9.17) is 61.4 Å². The maximum atomic E-state index is 14.2. The van der Waals surface area contributed by atoms with Crippen molar-refractivity contribution in [1.82, 2.24) is 43.4 Å². The van der Waals surface area contributed by atoms with Crippen molar-refractivity contribution in [2.75, 3.05) is 39.3 Å². The number of carbonyl (C=O) groups is 3. The van der Waals surface area contributed by atoms with Crippen LogP contribution in [0, 0.1) is 41.0 Å². The number of aromatic nitrogens is 6. The zero-order valence-electron chi connectivity index (χ0n) is 63.9. The Kier molecular flexibility index (Phi) is 26.2. The Morgan fingerprint density at radius 1 is 0.436 bits per heavy atom. The smallest absolute Gasteiger partial charge is 0.297 e. The van der Waals surface area contributed by atoms with Crippen LogP contribution in [0.3, 0.4) is 0 Å². The second kappa shape index (κ2) is 36.4. The molecule has 8 aromatic heterocycles. The van der Waals surface area contributed by atoms with Crippen LogP contribution in [0.15, 0.2) is 226 Å². The van der Waals surface area contributed by atoms with Gasteiger partial charge < -0.3 is 49.6 Å². The van der Waals surface area contributed by atoms with Crippen molar-refractivity contribution in [2.45, 2.75) is 79.3 Å². The van der Waals surface area contributed by atoms with Crippen LogP contribution in [0.2, 0.25) is 5.22 Å². The molecule has 15 aromatic rings. The molecule has 0 saturated carbocycles. The van der Waals surface area contributed by atoms with E-state index < -0.39 is 52.5 Å². The minimum Gasteiger partial charge on any atom is -0.448 e. The molecule has 0 radical (unpaired) electrons. The summed E-state index contributed by atoms with van der Waals surface area (Å²) in [6.45, 7) is 13.1. The monoisotopic (exact) mass is 1820 g/mol. The molecule has 0 fully saturated rings. The van der Waals surface area contributed by atoms with Gasteiger partial charge in [-0.05, 0) is 209 Å². The molecule has 604 valence electrons. The Hall–Kier alpha value is -10.7. The third-order valence-corrected chi connectivity index (χ3v) is 22.2. The molecule has 8 heterocycles. The Labute approximate surface area is 700 Å². The quantitative estimate of drug-likeness (QED) is 0.0474. The zero-order chi connectivity index (χ0) is 83.4. The molecule has 3 amide bonds. The van der Waals surface area contributed by atoms with E-state index in [0.29, 0.717) is 72.6 Å². The number of hydrogen-bond acceptors (Lipinski definition) is 17. The van der Waals surface area contributed by atoms with Gasteiger partial charge in [-0.3, -0.25) is 42.5 Å². The van der Waals surface area contributed by atoms with Crippen LogP contribution in [0.1, 0.15) is 125 Å². The average molecular weight is 1820 g/mol. The number of fused-ring (bicyclic) bond motifs is 9. The molecule has 0 spiro atoms. The summed E-state index contributed by atoms with van der Waals surface area (Å²) in [5, 5.41) is 5.19. The van der Waals surface area contributed by atoms with Gasteiger partial charge in [-0.2, -0.15) is 11.3 Å². The highest BCUT2D eigenvalue weighted by Gasteiger charge is 2.38. The Balaban J connectivity index is 0.000000152. The van der Waals surface area contributed by atoms with Gasteiger partial charge in [0.25, 0.3) is 34.4 Å². The van der Waals surface area contributed by atoms with Crippen molar-refractivity contribution in [2.24, 2.45) is 35.0 Å². The molecular weight excluding hydrogens is 1740 g/mol. The summed E-state index contributed by atoms with van der Waals surface area (Å²) in [6, 6.07) is 42.2. The van der Waals surface area contributed by atoms with Crippen molar-refractivity contribution < 1.29 is 49.6 Å². The first-order valence-electron chi connectivity index (χ1n) is 37.3. The standard InChI is InChI=1S/C30H27BrF2N4O3.C28H25BrClFN4O4.C28H26BrFN4O3S/c1-17(2)26(36(13-12-34)29(38)19-6-8-20(31)9-7-19)28-35-25-23-15-22(33)10-11-24(23)40-27(25)30(39)37(28)16-18-4-3-5-21(32)14-18;1-15(2)24(34(12-11-32)27(36)16-3-5-17(29)6-4-16)26-33-23-20-13-18(31)7-9-21(20)39-25(23)28(37)35(26)14-19-8-10-22(30)38-19;1-16(2)24(33(11-10-31)27(35)18-3-5-19(29)6-4-18)26-32-23-21-13-20(30)7-8-22(21)37-25(23)28(36)34(26)14-17-9-12-38-15-17/h3-11,14-15,17,26H,12-13,16,34H2,1-2H3;3-10,13,15,24H,11-12,14,32H2,1-2H3;3-9,12-13,15-16,24H,10-11,14,31H2,1-2H3/t26-;2*24-/m111/s1. The number of nitrogens with zero attached hydrogens (tertiary/aromatic N) is 9. The van der Waals surface area contributed by atoms with Gasteiger partial charge in [-0.1, -0.05) is 101 Å². The Morgan fingerprint density at radius 2 is 0.778 bits per heavy atom. The third-order valence-electron chi connectivity index (χ3n) is 19.7. The van der Waals surface area contributed by atoms with E-state index in [1.165, 1.54) is 87.2 Å². The summed E-state index contributed by atoms with van der Waals surface area (Å²) in [4.78, 5) is 103. The number of amides is 3. The summed E-state index contributed by atoms with van der Waals surface area (Å²) >= 11 is 17.7. The number of rotatable bonds is 24. The SMILES string of the molecule is CC(C)[C@H](c1nc2c(oc3ccc(F)cc32)c(=O)n1Cc1ccc(Cl)o1)N(CCN)C(=O)c1ccc(Br)cc1.CC(C)[C@H](c1nc2c(oc3ccc(F)cc32)c(=O)n1Cc1cccc(F)c1)N(CCN)C(=O)c1ccc(Br)cc1.CC(C)[C@H](c1nc2c(oc3ccc(F)cc32)c(=O)n1Cc1ccsc1)N(CCN)C(=O)c1ccc(Br)cc1. The maximum absolute atomic E-state index is 14.2. The van der Waals surface area contributed by atoms with Crippen LogP contribution in [-0.2, 0) is 19.6 Å². The molecule has 7 aromatic carbocycles. The molecule has 22 nitrogen and oxygen atoms in total. The largest absolute Gasteiger partial charge is 0.448 e. The van der Waals surface area contributed by atoms with E-state index >= 15 is 0 Å². The van der Waals surface area contributed by atoms with E-state index in [-0.39, 0.29) is 144 Å². The molecule has 117 heavy (non-hydrogen) atoms. The molecule has 0 bridgehead atoms. The first-order chi connectivity index (χ1) is 56.1. The summed E-state index contributed by atoms with van der Waals surface area (Å²) < 4.78 is 86.7. The fraction of sp³-hybridized carbons (Fsp3) is 0.244. The van der Waals surface area contributed by atoms with E-state index in [1.54, 1.807) is 116 Å². The van der Waals surface area contributed by atoms with Gasteiger partial charge in [0.2, 0.25) is 16.7 Å². The predicted octanol–water partition coefficient (Wildman–Crippen LogP) is 18.1. The fourth-order valence-corrected chi connectivity index (χ4v) is 16.1. The lowest BCUT2D eigenvalue weighted by atomic mass is 9.99. The van der Waals surface area contributed by atoms with E-state index in [0.717, 1.165) is 19.0 Å². The molecule has 3 atom stereocenters. The average Bonchev–Trinajstić information content (AvgIpc) is 1.64. The molecule has 0 saturated heterocycles. The van der Waals surface area contributed by atoms with E-state index in [9.17, 15) is 46.3 Å². The molecule has 0 unspecified atom stereocenters. The number of carbonyl (C=O) groups excluding carboxylic acids is 3. The van der Waals surface area contributed by atoms with Gasteiger partial charge in [0, 0.05) is 85.5 Å². The van der Waals surface area contributed by atoms with Crippen molar-refractivity contribution in [3.8, 4) is 0 Å². The molecule has 31 heteroatoms. The van der Waals surface area contributed by atoms with E-state index in [2.05, 4.69) is 47.8 Å². The first-order valence-corrected chi connectivity index (χ1v) is 41.0. The van der Waals surface area contributed by atoms with Gasteiger partial charge in [0.1, 0.15) is 79.8 Å². The summed E-state index contributed by atoms with van der Waals surface area (Å²) in [5.74, 6) is -1.84.